The first kappa shape index (κ1) is 16.7. The maximum absolute atomic E-state index is 4.86. The number of aromatic nitrogens is 3. The molecule has 5 aromatic rings. The van der Waals surface area contributed by atoms with Gasteiger partial charge >= 0.3 is 0 Å². The van der Waals surface area contributed by atoms with E-state index in [0.29, 0.717) is 0 Å². The third kappa shape index (κ3) is 3.28. The molecule has 2 aromatic carbocycles. The van der Waals surface area contributed by atoms with Gasteiger partial charge in [0.15, 0.2) is 0 Å². The van der Waals surface area contributed by atoms with Crippen LogP contribution in [0.25, 0.3) is 33.4 Å². The number of fused-ring (bicyclic) bond motifs is 1. The molecule has 0 spiro atoms. The lowest BCUT2D eigenvalue weighted by molar-refractivity contribution is 1.06. The molecule has 28 heavy (non-hydrogen) atoms. The van der Waals surface area contributed by atoms with Crippen molar-refractivity contribution in [2.75, 3.05) is 5.32 Å². The summed E-state index contributed by atoms with van der Waals surface area (Å²) in [6, 6.07) is 24.8. The van der Waals surface area contributed by atoms with Crippen LogP contribution in [0.5, 0.6) is 0 Å². The van der Waals surface area contributed by atoms with E-state index in [1.54, 1.807) is 11.3 Å². The summed E-state index contributed by atoms with van der Waals surface area (Å²) >= 11 is 1.70. The first-order valence-electron chi connectivity index (χ1n) is 9.13. The molecule has 0 aliphatic carbocycles. The van der Waals surface area contributed by atoms with E-state index >= 15 is 0 Å². The molecule has 0 radical (unpaired) electrons. The van der Waals surface area contributed by atoms with Crippen molar-refractivity contribution < 1.29 is 0 Å². The van der Waals surface area contributed by atoms with Crippen LogP contribution >= 0.6 is 11.3 Å². The van der Waals surface area contributed by atoms with Crippen molar-refractivity contribution in [2.24, 2.45) is 0 Å². The molecule has 2 N–H and O–H groups in total. The third-order valence-corrected chi connectivity index (χ3v) is 5.44. The molecule has 136 valence electrons. The number of H-pyrrole nitrogens is 1. The zero-order chi connectivity index (χ0) is 18.8. The Balaban J connectivity index is 1.54. The SMILES string of the molecule is c1ccc(-c2cc(-c3cc(NCc4ccsc4)n[nH]3)c3ccccc3n2)cc1. The summed E-state index contributed by atoms with van der Waals surface area (Å²) in [6.45, 7) is 0.764. The van der Waals surface area contributed by atoms with Gasteiger partial charge < -0.3 is 5.32 Å². The number of nitrogens with zero attached hydrogens (tertiary/aromatic N) is 2. The first-order valence-corrected chi connectivity index (χ1v) is 10.1. The summed E-state index contributed by atoms with van der Waals surface area (Å²) in [5, 5.41) is 16.3. The van der Waals surface area contributed by atoms with Crippen molar-refractivity contribution in [3.05, 3.63) is 89.1 Å². The number of anilines is 1. The van der Waals surface area contributed by atoms with E-state index in [-0.39, 0.29) is 0 Å². The minimum Gasteiger partial charge on any atom is -0.364 e. The number of pyridine rings is 1. The van der Waals surface area contributed by atoms with Crippen LogP contribution in [0.2, 0.25) is 0 Å². The number of hydrogen-bond acceptors (Lipinski definition) is 4. The van der Waals surface area contributed by atoms with Crippen LogP contribution in [-0.2, 0) is 6.54 Å². The average Bonchev–Trinajstić information content (AvgIpc) is 3.44. The second-order valence-corrected chi connectivity index (χ2v) is 7.37. The van der Waals surface area contributed by atoms with E-state index in [1.165, 1.54) is 5.56 Å². The lowest BCUT2D eigenvalue weighted by atomic mass is 10.0. The molecule has 5 heteroatoms. The second-order valence-electron chi connectivity index (χ2n) is 6.59. The fourth-order valence-corrected chi connectivity index (χ4v) is 3.96. The lowest BCUT2D eigenvalue weighted by Crippen LogP contribution is -1.97. The first-order chi connectivity index (χ1) is 13.9. The maximum Gasteiger partial charge on any atom is 0.148 e. The van der Waals surface area contributed by atoms with Gasteiger partial charge in [-0.15, -0.1) is 0 Å². The Kier molecular flexibility index (Phi) is 4.35. The normalized spacial score (nSPS) is 11.0. The quantitative estimate of drug-likeness (QED) is 0.394. The third-order valence-electron chi connectivity index (χ3n) is 4.71. The second kappa shape index (κ2) is 7.29. The molecule has 3 heterocycles. The van der Waals surface area contributed by atoms with Crippen molar-refractivity contribution in [3.63, 3.8) is 0 Å². The van der Waals surface area contributed by atoms with Gasteiger partial charge in [-0.2, -0.15) is 16.4 Å². The largest absolute Gasteiger partial charge is 0.364 e. The molecule has 0 amide bonds. The average molecular weight is 382 g/mol. The molecule has 5 rings (SSSR count). The van der Waals surface area contributed by atoms with Crippen molar-refractivity contribution in [2.45, 2.75) is 6.54 Å². The van der Waals surface area contributed by atoms with Crippen molar-refractivity contribution in [1.82, 2.24) is 15.2 Å². The van der Waals surface area contributed by atoms with E-state index in [0.717, 1.165) is 45.8 Å². The summed E-state index contributed by atoms with van der Waals surface area (Å²) in [7, 11) is 0. The van der Waals surface area contributed by atoms with Gasteiger partial charge in [-0.05, 0) is 34.5 Å². The van der Waals surface area contributed by atoms with Crippen LogP contribution < -0.4 is 5.32 Å². The molecular formula is C23H18N4S. The van der Waals surface area contributed by atoms with Gasteiger partial charge in [0.1, 0.15) is 5.82 Å². The molecule has 0 bridgehead atoms. The fraction of sp³-hybridized carbons (Fsp3) is 0.0435. The summed E-state index contributed by atoms with van der Waals surface area (Å²) in [6.07, 6.45) is 0. The molecule has 3 aromatic heterocycles. The summed E-state index contributed by atoms with van der Waals surface area (Å²) in [5.41, 5.74) is 6.36. The molecule has 4 nitrogen and oxygen atoms in total. The van der Waals surface area contributed by atoms with E-state index < -0.39 is 0 Å². The highest BCUT2D eigenvalue weighted by molar-refractivity contribution is 7.07. The Labute approximate surface area is 166 Å². The van der Waals surface area contributed by atoms with Crippen molar-refractivity contribution in [3.8, 4) is 22.5 Å². The van der Waals surface area contributed by atoms with Crippen molar-refractivity contribution in [1.29, 1.82) is 0 Å². The number of benzene rings is 2. The standard InChI is InChI=1S/C23H18N4S/c1-2-6-17(7-3-1)21-12-19(18-8-4-5-9-20(18)25-21)22-13-23(27-26-22)24-14-16-10-11-28-15-16/h1-13,15H,14H2,(H2,24,26,27). The highest BCUT2D eigenvalue weighted by Gasteiger charge is 2.11. The molecule has 0 atom stereocenters. The van der Waals surface area contributed by atoms with Gasteiger partial charge in [-0.1, -0.05) is 48.5 Å². The van der Waals surface area contributed by atoms with Gasteiger partial charge in [-0.3, -0.25) is 5.10 Å². The number of nitrogens with one attached hydrogen (secondary N) is 2. The van der Waals surface area contributed by atoms with Crippen LogP contribution in [0.1, 0.15) is 5.56 Å². The topological polar surface area (TPSA) is 53.6 Å². The van der Waals surface area contributed by atoms with Crippen molar-refractivity contribution >= 4 is 28.1 Å². The van der Waals surface area contributed by atoms with Gasteiger partial charge in [-0.25, -0.2) is 4.98 Å². The number of hydrogen-bond donors (Lipinski definition) is 2. The van der Waals surface area contributed by atoms with Crippen LogP contribution in [0.4, 0.5) is 5.82 Å². The van der Waals surface area contributed by atoms with Gasteiger partial charge in [0.05, 0.1) is 16.9 Å². The Hall–Kier alpha value is -3.44. The Morgan fingerprint density at radius 3 is 2.64 bits per heavy atom. The van der Waals surface area contributed by atoms with Gasteiger partial charge in [0, 0.05) is 29.1 Å². The predicted octanol–water partition coefficient (Wildman–Crippen LogP) is 5.97. The zero-order valence-electron chi connectivity index (χ0n) is 15.1. The molecule has 0 saturated carbocycles. The van der Waals surface area contributed by atoms with E-state index in [9.17, 15) is 0 Å². The van der Waals surface area contributed by atoms with Crippen LogP contribution in [-0.4, -0.2) is 15.2 Å². The monoisotopic (exact) mass is 382 g/mol. The van der Waals surface area contributed by atoms with Crippen LogP contribution in [0, 0.1) is 0 Å². The number of aromatic amines is 1. The van der Waals surface area contributed by atoms with E-state index in [1.807, 2.05) is 30.3 Å². The molecular weight excluding hydrogens is 364 g/mol. The van der Waals surface area contributed by atoms with E-state index in [4.69, 9.17) is 4.98 Å². The zero-order valence-corrected chi connectivity index (χ0v) is 15.9. The molecule has 0 aliphatic heterocycles. The van der Waals surface area contributed by atoms with E-state index in [2.05, 4.69) is 68.7 Å². The molecule has 0 fully saturated rings. The Morgan fingerprint density at radius 2 is 1.79 bits per heavy atom. The fourth-order valence-electron chi connectivity index (χ4n) is 3.29. The number of rotatable bonds is 5. The predicted molar refractivity (Wildman–Crippen MR) is 116 cm³/mol. The molecule has 0 aliphatic rings. The lowest BCUT2D eigenvalue weighted by Gasteiger charge is -2.08. The minimum atomic E-state index is 0.764. The highest BCUT2D eigenvalue weighted by atomic mass is 32.1. The highest BCUT2D eigenvalue weighted by Crippen LogP contribution is 2.32. The summed E-state index contributed by atoms with van der Waals surface area (Å²) < 4.78 is 0. The Morgan fingerprint density at radius 1 is 0.929 bits per heavy atom. The van der Waals surface area contributed by atoms with Crippen LogP contribution in [0.15, 0.2) is 83.6 Å². The molecule has 0 saturated heterocycles. The van der Waals surface area contributed by atoms with Crippen LogP contribution in [0.3, 0.4) is 0 Å². The smallest absolute Gasteiger partial charge is 0.148 e. The van der Waals surface area contributed by atoms with Gasteiger partial charge in [0.2, 0.25) is 0 Å². The summed E-state index contributed by atoms with van der Waals surface area (Å²) in [4.78, 5) is 4.86. The van der Waals surface area contributed by atoms with Gasteiger partial charge in [0.25, 0.3) is 0 Å². The minimum absolute atomic E-state index is 0.764. The molecule has 0 unspecified atom stereocenters. The number of para-hydroxylation sites is 1. The number of thiophene rings is 1. The maximum atomic E-state index is 4.86. The summed E-state index contributed by atoms with van der Waals surface area (Å²) in [5.74, 6) is 0.836. The Bertz CT molecular complexity index is 1210.